The second-order valence-electron chi connectivity index (χ2n) is 3.45. The third kappa shape index (κ3) is 4.90. The summed E-state index contributed by atoms with van der Waals surface area (Å²) in [5.74, 6) is -0.160. The van der Waals surface area contributed by atoms with E-state index in [0.717, 1.165) is 5.56 Å². The van der Waals surface area contributed by atoms with Gasteiger partial charge in [-0.1, -0.05) is 12.1 Å². The number of rotatable bonds is 5. The largest absolute Gasteiger partial charge is 0.476 e. The molecule has 0 atom stereocenters. The second-order valence-corrected chi connectivity index (χ2v) is 5.01. The van der Waals surface area contributed by atoms with E-state index in [2.05, 4.69) is 0 Å². The summed E-state index contributed by atoms with van der Waals surface area (Å²) in [6.07, 6.45) is 0.298. The van der Waals surface area contributed by atoms with Crippen LogP contribution in [-0.4, -0.2) is 20.1 Å². The Hall–Kier alpha value is -1.40. The first-order valence-corrected chi connectivity index (χ1v) is 6.30. The minimum atomic E-state index is -3.65. The van der Waals surface area contributed by atoms with Gasteiger partial charge in [-0.3, -0.25) is 4.79 Å². The molecule has 0 aliphatic rings. The fourth-order valence-corrected chi connectivity index (χ4v) is 1.48. The van der Waals surface area contributed by atoms with Crippen LogP contribution in [0.1, 0.15) is 12.5 Å². The normalized spacial score (nSPS) is 11.1. The molecular weight excluding hydrogens is 230 g/mol. The van der Waals surface area contributed by atoms with E-state index in [9.17, 15) is 13.2 Å². The maximum absolute atomic E-state index is 10.9. The van der Waals surface area contributed by atoms with Gasteiger partial charge in [-0.05, 0) is 24.6 Å². The summed E-state index contributed by atoms with van der Waals surface area (Å²) >= 11 is 0. The predicted molar refractivity (Wildman–Crippen MR) is 59.4 cm³/mol. The van der Waals surface area contributed by atoms with Gasteiger partial charge in [0.2, 0.25) is 16.0 Å². The van der Waals surface area contributed by atoms with Crippen molar-refractivity contribution in [3.63, 3.8) is 0 Å². The van der Waals surface area contributed by atoms with Crippen LogP contribution in [0.25, 0.3) is 0 Å². The average molecular weight is 243 g/mol. The number of carbonyl (C=O) groups is 1. The van der Waals surface area contributed by atoms with Gasteiger partial charge in [-0.25, -0.2) is 13.6 Å². The Morgan fingerprint density at radius 2 is 2.12 bits per heavy atom. The maximum atomic E-state index is 10.9. The molecule has 6 heteroatoms. The minimum Gasteiger partial charge on any atom is -0.476 e. The van der Waals surface area contributed by atoms with Crippen molar-refractivity contribution in [2.75, 3.05) is 5.94 Å². The van der Waals surface area contributed by atoms with E-state index in [4.69, 9.17) is 9.88 Å². The number of nitrogens with two attached hydrogens (primary N) is 1. The van der Waals surface area contributed by atoms with E-state index in [1.165, 1.54) is 6.92 Å². The van der Waals surface area contributed by atoms with Crippen molar-refractivity contribution in [3.8, 4) is 5.75 Å². The lowest BCUT2D eigenvalue weighted by Crippen LogP contribution is -2.20. The van der Waals surface area contributed by atoms with E-state index in [-0.39, 0.29) is 5.78 Å². The van der Waals surface area contributed by atoms with Crippen molar-refractivity contribution in [1.29, 1.82) is 0 Å². The van der Waals surface area contributed by atoms with E-state index in [0.29, 0.717) is 12.2 Å². The molecule has 2 N–H and O–H groups in total. The Morgan fingerprint density at radius 3 is 2.69 bits per heavy atom. The zero-order valence-electron chi connectivity index (χ0n) is 8.84. The molecule has 1 rings (SSSR count). The molecule has 0 heterocycles. The first kappa shape index (κ1) is 12.7. The standard InChI is InChI=1S/C10H13NO4S/c1-8(12)5-9-3-2-4-10(6-9)15-7-16(11,13)14/h2-4,6H,5,7H2,1H3,(H2,11,13,14). The van der Waals surface area contributed by atoms with Gasteiger partial charge in [0.15, 0.2) is 0 Å². The summed E-state index contributed by atoms with van der Waals surface area (Å²) in [7, 11) is -3.65. The molecule has 0 aliphatic heterocycles. The van der Waals surface area contributed by atoms with Crippen molar-refractivity contribution in [1.82, 2.24) is 0 Å². The molecular formula is C10H13NO4S. The molecule has 0 bridgehead atoms. The van der Waals surface area contributed by atoms with Crippen LogP contribution in [0.5, 0.6) is 5.75 Å². The van der Waals surface area contributed by atoms with Gasteiger partial charge in [0.1, 0.15) is 11.5 Å². The Morgan fingerprint density at radius 1 is 1.44 bits per heavy atom. The molecule has 5 nitrogen and oxygen atoms in total. The quantitative estimate of drug-likeness (QED) is 0.813. The molecule has 0 saturated heterocycles. The average Bonchev–Trinajstić information content (AvgIpc) is 2.13. The molecule has 0 amide bonds. The molecule has 16 heavy (non-hydrogen) atoms. The van der Waals surface area contributed by atoms with Crippen LogP contribution in [0.3, 0.4) is 0 Å². The summed E-state index contributed by atoms with van der Waals surface area (Å²) in [5, 5.41) is 4.80. The number of benzene rings is 1. The summed E-state index contributed by atoms with van der Waals surface area (Å²) in [4.78, 5) is 10.9. The third-order valence-electron chi connectivity index (χ3n) is 1.74. The summed E-state index contributed by atoms with van der Waals surface area (Å²) in [6, 6.07) is 6.68. The lowest BCUT2D eigenvalue weighted by Gasteiger charge is -2.05. The van der Waals surface area contributed by atoms with E-state index in [1.807, 2.05) is 0 Å². The molecule has 88 valence electrons. The molecule has 0 radical (unpaired) electrons. The van der Waals surface area contributed by atoms with E-state index < -0.39 is 16.0 Å². The number of ether oxygens (including phenoxy) is 1. The van der Waals surface area contributed by atoms with Gasteiger partial charge in [0.25, 0.3) is 0 Å². The number of sulfonamides is 1. The topological polar surface area (TPSA) is 86.5 Å². The van der Waals surface area contributed by atoms with Gasteiger partial charge < -0.3 is 4.74 Å². The zero-order valence-corrected chi connectivity index (χ0v) is 9.66. The van der Waals surface area contributed by atoms with Crippen LogP contribution in [0, 0.1) is 0 Å². The van der Waals surface area contributed by atoms with Crippen LogP contribution in [0.4, 0.5) is 0 Å². The zero-order chi connectivity index (χ0) is 12.2. The maximum Gasteiger partial charge on any atom is 0.244 e. The van der Waals surface area contributed by atoms with Crippen molar-refractivity contribution in [2.45, 2.75) is 13.3 Å². The van der Waals surface area contributed by atoms with Gasteiger partial charge in [0, 0.05) is 6.42 Å². The number of carbonyl (C=O) groups excluding carboxylic acids is 1. The fraction of sp³-hybridized carbons (Fsp3) is 0.300. The molecule has 0 aromatic heterocycles. The number of hydrogen-bond acceptors (Lipinski definition) is 4. The van der Waals surface area contributed by atoms with Crippen LogP contribution in [-0.2, 0) is 21.2 Å². The Balaban J connectivity index is 2.71. The molecule has 0 aliphatic carbocycles. The molecule has 1 aromatic carbocycles. The minimum absolute atomic E-state index is 0.0311. The predicted octanol–water partition coefficient (Wildman–Crippen LogP) is 0.443. The highest BCUT2D eigenvalue weighted by molar-refractivity contribution is 7.88. The first-order valence-electron chi connectivity index (χ1n) is 4.58. The van der Waals surface area contributed by atoms with E-state index in [1.54, 1.807) is 24.3 Å². The molecule has 1 aromatic rings. The number of ketones is 1. The first-order chi connectivity index (χ1) is 7.37. The van der Waals surface area contributed by atoms with Gasteiger partial charge in [0.05, 0.1) is 0 Å². The smallest absolute Gasteiger partial charge is 0.244 e. The highest BCUT2D eigenvalue weighted by Gasteiger charge is 2.05. The Kier molecular flexibility index (Phi) is 4.03. The second kappa shape index (κ2) is 5.09. The highest BCUT2D eigenvalue weighted by atomic mass is 32.2. The highest BCUT2D eigenvalue weighted by Crippen LogP contribution is 2.14. The lowest BCUT2D eigenvalue weighted by atomic mass is 10.1. The number of Topliss-reactive ketones (excluding diaryl/α,β-unsaturated/α-hetero) is 1. The summed E-state index contributed by atoms with van der Waals surface area (Å²) in [6.45, 7) is 1.48. The molecule has 0 spiro atoms. The Bertz CT molecular complexity index is 481. The van der Waals surface area contributed by atoms with Crippen LogP contribution in [0.2, 0.25) is 0 Å². The number of primary sulfonamides is 1. The van der Waals surface area contributed by atoms with Gasteiger partial charge >= 0.3 is 0 Å². The van der Waals surface area contributed by atoms with Crippen molar-refractivity contribution in [3.05, 3.63) is 29.8 Å². The van der Waals surface area contributed by atoms with Crippen molar-refractivity contribution >= 4 is 15.8 Å². The summed E-state index contributed by atoms with van der Waals surface area (Å²) in [5.41, 5.74) is 0.777. The number of hydrogen-bond donors (Lipinski definition) is 1. The molecule has 0 fully saturated rings. The van der Waals surface area contributed by atoms with Gasteiger partial charge in [-0.15, -0.1) is 0 Å². The third-order valence-corrected chi connectivity index (χ3v) is 2.19. The van der Waals surface area contributed by atoms with Crippen LogP contribution < -0.4 is 9.88 Å². The monoisotopic (exact) mass is 243 g/mol. The summed E-state index contributed by atoms with van der Waals surface area (Å²) < 4.78 is 26.3. The van der Waals surface area contributed by atoms with E-state index >= 15 is 0 Å². The van der Waals surface area contributed by atoms with Crippen molar-refractivity contribution in [2.24, 2.45) is 5.14 Å². The van der Waals surface area contributed by atoms with Gasteiger partial charge in [-0.2, -0.15) is 0 Å². The SMILES string of the molecule is CC(=O)Cc1cccc(OCS(N)(=O)=O)c1. The molecule has 0 saturated carbocycles. The lowest BCUT2D eigenvalue weighted by molar-refractivity contribution is -0.116. The van der Waals surface area contributed by atoms with Crippen LogP contribution in [0.15, 0.2) is 24.3 Å². The molecule has 0 unspecified atom stereocenters. The van der Waals surface area contributed by atoms with Crippen molar-refractivity contribution < 1.29 is 17.9 Å². The Labute approximate surface area is 94.3 Å². The van der Waals surface area contributed by atoms with Crippen LogP contribution >= 0.6 is 0 Å². The fourth-order valence-electron chi connectivity index (χ4n) is 1.18.